The Bertz CT molecular complexity index is 852. The zero-order valence-corrected chi connectivity index (χ0v) is 17.8. The summed E-state index contributed by atoms with van der Waals surface area (Å²) in [7, 11) is 3.26. The van der Waals surface area contributed by atoms with Crippen molar-refractivity contribution in [2.75, 3.05) is 27.3 Å². The number of amides is 1. The fourth-order valence-electron chi connectivity index (χ4n) is 4.09. The number of likely N-dealkylation sites (tertiary alicyclic amines) is 1. The van der Waals surface area contributed by atoms with Gasteiger partial charge in [0.15, 0.2) is 17.5 Å². The molecule has 3 rings (SSSR count). The summed E-state index contributed by atoms with van der Waals surface area (Å²) in [5, 5.41) is 12.7. The summed E-state index contributed by atoms with van der Waals surface area (Å²) >= 11 is 0. The molecule has 0 aliphatic carbocycles. The van der Waals surface area contributed by atoms with Crippen LogP contribution < -0.4 is 20.1 Å². The van der Waals surface area contributed by atoms with E-state index in [1.807, 2.05) is 22.9 Å². The molecule has 1 aromatic carbocycles. The van der Waals surface area contributed by atoms with Crippen LogP contribution >= 0.6 is 0 Å². The number of benzene rings is 1. The van der Waals surface area contributed by atoms with Crippen molar-refractivity contribution in [2.45, 2.75) is 45.2 Å². The smallest absolute Gasteiger partial charge is 0.220 e. The second-order valence-corrected chi connectivity index (χ2v) is 8.47. The molecular formula is C20H31N6O3+. The Morgan fingerprint density at radius 1 is 1.24 bits per heavy atom. The Balaban J connectivity index is 2.10. The maximum Gasteiger partial charge on any atom is 0.220 e. The number of piperidine rings is 1. The zero-order valence-electron chi connectivity index (χ0n) is 17.8. The van der Waals surface area contributed by atoms with Crippen LogP contribution in [0.15, 0.2) is 18.2 Å². The number of aromatic nitrogens is 4. The summed E-state index contributed by atoms with van der Waals surface area (Å²) in [6.07, 6.45) is 1.48. The quantitative estimate of drug-likeness (QED) is 0.719. The summed E-state index contributed by atoms with van der Waals surface area (Å²) < 4.78 is 13.1. The zero-order chi connectivity index (χ0) is 21.2. The Morgan fingerprint density at radius 2 is 1.93 bits per heavy atom. The molecule has 0 spiro atoms. The van der Waals surface area contributed by atoms with Crippen molar-refractivity contribution in [1.29, 1.82) is 0 Å². The molecule has 158 valence electrons. The molecule has 2 heterocycles. The van der Waals surface area contributed by atoms with E-state index < -0.39 is 0 Å². The first-order chi connectivity index (χ1) is 13.8. The summed E-state index contributed by atoms with van der Waals surface area (Å²) in [6.45, 7) is 7.79. The van der Waals surface area contributed by atoms with E-state index in [0.717, 1.165) is 37.3 Å². The van der Waals surface area contributed by atoms with Crippen molar-refractivity contribution in [3.8, 4) is 11.5 Å². The van der Waals surface area contributed by atoms with Gasteiger partial charge in [0, 0.05) is 18.8 Å². The number of carbonyl (C=O) groups excluding carboxylic acids is 1. The topological polar surface area (TPSA) is 110 Å². The highest BCUT2D eigenvalue weighted by Crippen LogP contribution is 2.36. The van der Waals surface area contributed by atoms with Crippen LogP contribution in [-0.2, 0) is 10.3 Å². The van der Waals surface area contributed by atoms with Gasteiger partial charge in [-0.1, -0.05) is 6.07 Å². The van der Waals surface area contributed by atoms with Gasteiger partial charge in [-0.2, -0.15) is 0 Å². The molecule has 29 heavy (non-hydrogen) atoms. The molecule has 0 unspecified atom stereocenters. The molecule has 1 aliphatic heterocycles. The van der Waals surface area contributed by atoms with E-state index in [2.05, 4.69) is 36.3 Å². The van der Waals surface area contributed by atoms with Gasteiger partial charge in [0.1, 0.15) is 0 Å². The highest BCUT2D eigenvalue weighted by molar-refractivity contribution is 5.76. The third kappa shape index (κ3) is 4.19. The van der Waals surface area contributed by atoms with Crippen LogP contribution in [0.2, 0.25) is 0 Å². The number of nitrogens with zero attached hydrogens (tertiary/aromatic N) is 4. The van der Waals surface area contributed by atoms with E-state index in [9.17, 15) is 4.79 Å². The summed E-state index contributed by atoms with van der Waals surface area (Å²) in [5.41, 5.74) is 6.21. The minimum absolute atomic E-state index is 0.0785. The van der Waals surface area contributed by atoms with E-state index in [4.69, 9.17) is 15.2 Å². The molecule has 1 fully saturated rings. The monoisotopic (exact) mass is 403 g/mol. The van der Waals surface area contributed by atoms with Gasteiger partial charge in [-0.05, 0) is 43.3 Å². The van der Waals surface area contributed by atoms with E-state index in [0.29, 0.717) is 11.5 Å². The third-order valence-electron chi connectivity index (χ3n) is 5.57. The predicted molar refractivity (Wildman–Crippen MR) is 107 cm³/mol. The van der Waals surface area contributed by atoms with Crippen molar-refractivity contribution < 1.29 is 19.2 Å². The molecule has 1 amide bonds. The Kier molecular flexibility index (Phi) is 6.07. The van der Waals surface area contributed by atoms with E-state index in [1.54, 1.807) is 14.2 Å². The van der Waals surface area contributed by atoms with Gasteiger partial charge in [0.2, 0.25) is 11.7 Å². The fourth-order valence-corrected chi connectivity index (χ4v) is 4.09. The highest BCUT2D eigenvalue weighted by atomic mass is 16.5. The Hall–Kier alpha value is -2.68. The van der Waals surface area contributed by atoms with Gasteiger partial charge < -0.3 is 20.1 Å². The van der Waals surface area contributed by atoms with Crippen LogP contribution in [0.4, 0.5) is 0 Å². The maximum atomic E-state index is 11.6. The first kappa shape index (κ1) is 21.0. The number of primary amides is 1. The number of methoxy groups -OCH3 is 2. The molecule has 0 bridgehead atoms. The number of nitrogens with one attached hydrogen (secondary N) is 1. The predicted octanol–water partition coefficient (Wildman–Crippen LogP) is 0.315. The van der Waals surface area contributed by atoms with Crippen LogP contribution in [0.3, 0.4) is 0 Å². The summed E-state index contributed by atoms with van der Waals surface area (Å²) in [6, 6.07) is 5.69. The second kappa shape index (κ2) is 8.36. The number of hydrogen-bond acceptors (Lipinski definition) is 6. The van der Waals surface area contributed by atoms with Crippen LogP contribution in [-0.4, -0.2) is 53.4 Å². The molecule has 0 saturated carbocycles. The Labute approximate surface area is 171 Å². The molecule has 9 nitrogen and oxygen atoms in total. The standard InChI is InChI=1S/C20H30N6O3/c1-20(2,3)26-19(22-23-24-26)16(25-11-9-13(10-12-25)18(21)27)14-7-6-8-15(28-4)17(14)29-5/h6-8,13,16H,9-12H2,1-5H3,(H2,21,27)/p+1/t16-/m1/s1. The van der Waals surface area contributed by atoms with Crippen molar-refractivity contribution in [2.24, 2.45) is 11.7 Å². The van der Waals surface area contributed by atoms with Crippen molar-refractivity contribution in [3.63, 3.8) is 0 Å². The van der Waals surface area contributed by atoms with Gasteiger partial charge in [0.05, 0.1) is 38.4 Å². The minimum Gasteiger partial charge on any atom is -0.493 e. The summed E-state index contributed by atoms with van der Waals surface area (Å²) in [5.74, 6) is 1.80. The minimum atomic E-state index is -0.284. The molecule has 3 N–H and O–H groups in total. The second-order valence-electron chi connectivity index (χ2n) is 8.47. The lowest BCUT2D eigenvalue weighted by atomic mass is 9.92. The SMILES string of the molecule is COc1cccc([C@H](c2nnnn2C(C)(C)C)[NH+]2CCC(C(N)=O)CC2)c1OC. The molecule has 0 radical (unpaired) electrons. The molecule has 1 aromatic heterocycles. The maximum absolute atomic E-state index is 11.6. The van der Waals surface area contributed by atoms with Gasteiger partial charge in [0.25, 0.3) is 0 Å². The average molecular weight is 404 g/mol. The number of tetrazole rings is 1. The molecule has 1 saturated heterocycles. The molecule has 1 aliphatic rings. The van der Waals surface area contributed by atoms with E-state index in [1.165, 1.54) is 4.90 Å². The van der Waals surface area contributed by atoms with Crippen LogP contribution in [0.25, 0.3) is 0 Å². The van der Waals surface area contributed by atoms with Gasteiger partial charge >= 0.3 is 0 Å². The first-order valence-corrected chi connectivity index (χ1v) is 9.91. The largest absolute Gasteiger partial charge is 0.493 e. The summed E-state index contributed by atoms with van der Waals surface area (Å²) in [4.78, 5) is 12.9. The first-order valence-electron chi connectivity index (χ1n) is 9.91. The molecule has 1 atom stereocenters. The number of rotatable bonds is 6. The van der Waals surface area contributed by atoms with Gasteiger partial charge in [-0.25, -0.2) is 4.68 Å². The average Bonchev–Trinajstić information content (AvgIpc) is 3.18. The Morgan fingerprint density at radius 3 is 2.48 bits per heavy atom. The number of carbonyl (C=O) groups is 1. The van der Waals surface area contributed by atoms with Crippen molar-refractivity contribution in [3.05, 3.63) is 29.6 Å². The van der Waals surface area contributed by atoms with E-state index in [-0.39, 0.29) is 23.4 Å². The number of hydrogen-bond donors (Lipinski definition) is 2. The molecule has 9 heteroatoms. The van der Waals surface area contributed by atoms with Gasteiger partial charge in [-0.15, -0.1) is 5.10 Å². The lowest BCUT2D eigenvalue weighted by Crippen LogP contribution is -3.13. The number of para-hydroxylation sites is 1. The van der Waals surface area contributed by atoms with Crippen LogP contribution in [0.1, 0.15) is 51.0 Å². The number of ether oxygens (including phenoxy) is 2. The number of quaternary nitrogens is 1. The lowest BCUT2D eigenvalue weighted by Gasteiger charge is -2.35. The van der Waals surface area contributed by atoms with Crippen molar-refractivity contribution in [1.82, 2.24) is 20.2 Å². The van der Waals surface area contributed by atoms with Gasteiger partial charge in [-0.3, -0.25) is 4.79 Å². The fraction of sp³-hybridized carbons (Fsp3) is 0.600. The molecule has 2 aromatic rings. The lowest BCUT2D eigenvalue weighted by molar-refractivity contribution is -0.931. The normalized spacial score (nSPS) is 20.9. The van der Waals surface area contributed by atoms with Crippen LogP contribution in [0, 0.1) is 5.92 Å². The highest BCUT2D eigenvalue weighted by Gasteiger charge is 2.39. The molecular weight excluding hydrogens is 372 g/mol. The van der Waals surface area contributed by atoms with E-state index >= 15 is 0 Å². The number of nitrogens with two attached hydrogens (primary N) is 1. The van der Waals surface area contributed by atoms with Crippen LogP contribution in [0.5, 0.6) is 11.5 Å². The third-order valence-corrected chi connectivity index (χ3v) is 5.57. The van der Waals surface area contributed by atoms with Crippen molar-refractivity contribution >= 4 is 5.91 Å².